The van der Waals surface area contributed by atoms with Crippen LogP contribution in [-0.2, 0) is 13.0 Å². The van der Waals surface area contributed by atoms with Gasteiger partial charge in [0.15, 0.2) is 0 Å². The molecule has 1 aromatic carbocycles. The van der Waals surface area contributed by atoms with E-state index in [1.165, 1.54) is 5.56 Å². The third-order valence-electron chi connectivity index (χ3n) is 2.86. The fourth-order valence-corrected chi connectivity index (χ4v) is 1.83. The lowest BCUT2D eigenvalue weighted by Crippen LogP contribution is -2.14. The van der Waals surface area contributed by atoms with Gasteiger partial charge in [-0.25, -0.2) is 0 Å². The van der Waals surface area contributed by atoms with Gasteiger partial charge in [-0.1, -0.05) is 12.1 Å². The second-order valence-electron chi connectivity index (χ2n) is 4.21. The van der Waals surface area contributed by atoms with Gasteiger partial charge in [0.05, 0.1) is 19.9 Å². The van der Waals surface area contributed by atoms with E-state index >= 15 is 0 Å². The molecule has 2 rings (SSSR count). The maximum Gasteiger partial charge on any atom is 0.118 e. The first-order valence-corrected chi connectivity index (χ1v) is 6.24. The maximum absolute atomic E-state index is 5.25. The van der Waals surface area contributed by atoms with Crippen LogP contribution in [-0.4, -0.2) is 13.7 Å². The first-order chi connectivity index (χ1) is 8.88. The molecule has 96 valence electrons. The molecule has 1 heterocycles. The summed E-state index contributed by atoms with van der Waals surface area (Å²) in [7, 11) is 1.69. The Morgan fingerprint density at radius 2 is 2.00 bits per heavy atom. The van der Waals surface area contributed by atoms with Crippen LogP contribution in [0.3, 0.4) is 0 Å². The Hall–Kier alpha value is -1.74. The van der Waals surface area contributed by atoms with Crippen LogP contribution in [0.25, 0.3) is 0 Å². The van der Waals surface area contributed by atoms with Gasteiger partial charge >= 0.3 is 0 Å². The van der Waals surface area contributed by atoms with Gasteiger partial charge in [0, 0.05) is 0 Å². The second-order valence-corrected chi connectivity index (χ2v) is 4.21. The molecule has 0 amide bonds. The molecule has 0 bridgehead atoms. The lowest BCUT2D eigenvalue weighted by atomic mass is 10.1. The molecule has 0 aliphatic rings. The summed E-state index contributed by atoms with van der Waals surface area (Å²) in [5.74, 6) is 1.90. The lowest BCUT2D eigenvalue weighted by molar-refractivity contribution is 0.414. The largest absolute Gasteiger partial charge is 0.497 e. The predicted octanol–water partition coefficient (Wildman–Crippen LogP) is 3.01. The molecule has 0 aliphatic heterocycles. The van der Waals surface area contributed by atoms with Gasteiger partial charge in [0.2, 0.25) is 0 Å². The molecule has 0 radical (unpaired) electrons. The molecule has 18 heavy (non-hydrogen) atoms. The Labute approximate surface area is 108 Å². The van der Waals surface area contributed by atoms with Crippen molar-refractivity contribution in [3.63, 3.8) is 0 Å². The highest BCUT2D eigenvalue weighted by Gasteiger charge is 1.96. The molecule has 3 nitrogen and oxygen atoms in total. The van der Waals surface area contributed by atoms with E-state index in [1.807, 2.05) is 24.3 Å². The summed E-state index contributed by atoms with van der Waals surface area (Å²) >= 11 is 0. The molecule has 0 aliphatic carbocycles. The summed E-state index contributed by atoms with van der Waals surface area (Å²) in [6.45, 7) is 1.79. The van der Waals surface area contributed by atoms with Crippen molar-refractivity contribution in [1.82, 2.24) is 5.32 Å². The normalized spacial score (nSPS) is 10.5. The number of methoxy groups -OCH3 is 1. The van der Waals surface area contributed by atoms with Crippen LogP contribution in [0.1, 0.15) is 17.7 Å². The minimum absolute atomic E-state index is 0.801. The minimum Gasteiger partial charge on any atom is -0.497 e. The van der Waals surface area contributed by atoms with Gasteiger partial charge in [0.25, 0.3) is 0 Å². The lowest BCUT2D eigenvalue weighted by Gasteiger charge is -2.04. The first kappa shape index (κ1) is 12.7. The van der Waals surface area contributed by atoms with E-state index in [1.54, 1.807) is 13.4 Å². The summed E-state index contributed by atoms with van der Waals surface area (Å²) in [4.78, 5) is 0. The minimum atomic E-state index is 0.801. The van der Waals surface area contributed by atoms with Crippen molar-refractivity contribution in [2.75, 3.05) is 13.7 Å². The molecular weight excluding hydrogens is 226 g/mol. The van der Waals surface area contributed by atoms with E-state index in [-0.39, 0.29) is 0 Å². The van der Waals surface area contributed by atoms with Crippen molar-refractivity contribution >= 4 is 0 Å². The molecule has 1 N–H and O–H groups in total. The zero-order valence-corrected chi connectivity index (χ0v) is 10.7. The number of hydrogen-bond acceptors (Lipinski definition) is 3. The second kappa shape index (κ2) is 6.87. The van der Waals surface area contributed by atoms with Gasteiger partial charge in [-0.05, 0) is 49.2 Å². The van der Waals surface area contributed by atoms with Crippen LogP contribution in [0.5, 0.6) is 5.75 Å². The molecule has 3 heteroatoms. The Balaban J connectivity index is 1.62. The quantitative estimate of drug-likeness (QED) is 0.761. The van der Waals surface area contributed by atoms with Crippen LogP contribution >= 0.6 is 0 Å². The summed E-state index contributed by atoms with van der Waals surface area (Å²) in [5, 5.41) is 3.36. The zero-order chi connectivity index (χ0) is 12.6. The van der Waals surface area contributed by atoms with Crippen molar-refractivity contribution in [3.05, 3.63) is 54.0 Å². The molecular formula is C15H19NO2. The Morgan fingerprint density at radius 3 is 2.67 bits per heavy atom. The molecule has 1 aromatic heterocycles. The van der Waals surface area contributed by atoms with Crippen LogP contribution < -0.4 is 10.1 Å². The first-order valence-electron chi connectivity index (χ1n) is 6.24. The standard InChI is InChI=1S/C15H19NO2/c1-17-14-8-6-13(7-9-14)4-2-10-16-12-15-5-3-11-18-15/h3,5-9,11,16H,2,4,10,12H2,1H3. The van der Waals surface area contributed by atoms with Crippen molar-refractivity contribution in [2.24, 2.45) is 0 Å². The summed E-state index contributed by atoms with van der Waals surface area (Å²) < 4.78 is 10.4. The molecule has 0 saturated carbocycles. The highest BCUT2D eigenvalue weighted by atomic mass is 16.5. The number of aryl methyl sites for hydroxylation is 1. The summed E-state index contributed by atoms with van der Waals surface area (Å²) in [6.07, 6.45) is 3.90. The van der Waals surface area contributed by atoms with Crippen molar-refractivity contribution < 1.29 is 9.15 Å². The van der Waals surface area contributed by atoms with Crippen molar-refractivity contribution in [2.45, 2.75) is 19.4 Å². The molecule has 0 fully saturated rings. The average Bonchev–Trinajstić information content (AvgIpc) is 2.92. The van der Waals surface area contributed by atoms with Crippen LogP contribution in [0.2, 0.25) is 0 Å². The predicted molar refractivity (Wildman–Crippen MR) is 71.7 cm³/mol. The van der Waals surface area contributed by atoms with Crippen LogP contribution in [0.4, 0.5) is 0 Å². The van der Waals surface area contributed by atoms with E-state index in [9.17, 15) is 0 Å². The number of hydrogen-bond donors (Lipinski definition) is 1. The van der Waals surface area contributed by atoms with Crippen molar-refractivity contribution in [3.8, 4) is 5.75 Å². The van der Waals surface area contributed by atoms with E-state index < -0.39 is 0 Å². The monoisotopic (exact) mass is 245 g/mol. The molecule has 0 spiro atoms. The van der Waals surface area contributed by atoms with Crippen molar-refractivity contribution in [1.29, 1.82) is 0 Å². The van der Waals surface area contributed by atoms with Gasteiger partial charge in [-0.15, -0.1) is 0 Å². The summed E-state index contributed by atoms with van der Waals surface area (Å²) in [5.41, 5.74) is 1.34. The number of benzene rings is 1. The maximum atomic E-state index is 5.25. The van der Waals surface area contributed by atoms with Crippen LogP contribution in [0, 0.1) is 0 Å². The van der Waals surface area contributed by atoms with E-state index in [2.05, 4.69) is 17.4 Å². The number of ether oxygens (including phenoxy) is 1. The SMILES string of the molecule is COc1ccc(CCCNCc2ccco2)cc1. The van der Waals surface area contributed by atoms with Gasteiger partial charge < -0.3 is 14.5 Å². The van der Waals surface area contributed by atoms with E-state index in [4.69, 9.17) is 9.15 Å². The third kappa shape index (κ3) is 3.93. The summed E-state index contributed by atoms with van der Waals surface area (Å²) in [6, 6.07) is 12.1. The van der Waals surface area contributed by atoms with Gasteiger partial charge in [0.1, 0.15) is 11.5 Å². The number of rotatable bonds is 7. The fraction of sp³-hybridized carbons (Fsp3) is 0.333. The molecule has 0 atom stereocenters. The smallest absolute Gasteiger partial charge is 0.118 e. The highest BCUT2D eigenvalue weighted by Crippen LogP contribution is 2.12. The zero-order valence-electron chi connectivity index (χ0n) is 10.7. The van der Waals surface area contributed by atoms with Gasteiger partial charge in [-0.2, -0.15) is 0 Å². The van der Waals surface area contributed by atoms with Crippen LogP contribution in [0.15, 0.2) is 47.1 Å². The Morgan fingerprint density at radius 1 is 1.17 bits per heavy atom. The van der Waals surface area contributed by atoms with Gasteiger partial charge in [-0.3, -0.25) is 0 Å². The van der Waals surface area contributed by atoms with E-state index in [0.717, 1.165) is 37.4 Å². The third-order valence-corrected chi connectivity index (χ3v) is 2.86. The fourth-order valence-electron chi connectivity index (χ4n) is 1.83. The highest BCUT2D eigenvalue weighted by molar-refractivity contribution is 5.27. The average molecular weight is 245 g/mol. The topological polar surface area (TPSA) is 34.4 Å². The molecule has 0 saturated heterocycles. The number of furan rings is 1. The Kier molecular flexibility index (Phi) is 4.85. The molecule has 2 aromatic rings. The number of nitrogens with one attached hydrogen (secondary N) is 1. The van der Waals surface area contributed by atoms with E-state index in [0.29, 0.717) is 0 Å². The molecule has 0 unspecified atom stereocenters. The Bertz CT molecular complexity index is 434.